The van der Waals surface area contributed by atoms with Crippen molar-refractivity contribution in [2.45, 2.75) is 27.7 Å². The second kappa shape index (κ2) is 7.31. The van der Waals surface area contributed by atoms with E-state index >= 15 is 0 Å². The Hall–Kier alpha value is -3.40. The lowest BCUT2D eigenvalue weighted by atomic mass is 10.0. The van der Waals surface area contributed by atoms with E-state index in [9.17, 15) is 0 Å². The van der Waals surface area contributed by atoms with E-state index in [1.165, 1.54) is 0 Å². The number of hydrogen-bond donors (Lipinski definition) is 0. The molecule has 0 aliphatic carbocycles. The van der Waals surface area contributed by atoms with Gasteiger partial charge in [-0.05, 0) is 74.2 Å². The van der Waals surface area contributed by atoms with Gasteiger partial charge in [0.2, 0.25) is 0 Å². The maximum absolute atomic E-state index is 4.91. The van der Waals surface area contributed by atoms with Crippen LogP contribution in [0.5, 0.6) is 0 Å². The summed E-state index contributed by atoms with van der Waals surface area (Å²) in [5.41, 5.74) is 9.61. The van der Waals surface area contributed by atoms with Gasteiger partial charge in [0.1, 0.15) is 0 Å². The van der Waals surface area contributed by atoms with E-state index in [0.717, 1.165) is 56.4 Å². The fourth-order valence-corrected chi connectivity index (χ4v) is 3.06. The number of rotatable bonds is 3. The van der Waals surface area contributed by atoms with E-state index in [1.807, 2.05) is 50.5 Å². The second-order valence-electron chi connectivity index (χ2n) is 7.17. The molecule has 138 valence electrons. The van der Waals surface area contributed by atoms with Crippen molar-refractivity contribution >= 4 is 0 Å². The lowest BCUT2D eigenvalue weighted by Gasteiger charge is -2.11. The Bertz CT molecular complexity index is 1040. The molecule has 0 aliphatic rings. The molecule has 0 atom stereocenters. The van der Waals surface area contributed by atoms with Crippen LogP contribution >= 0.6 is 0 Å². The van der Waals surface area contributed by atoms with E-state index in [2.05, 4.69) is 48.1 Å². The van der Waals surface area contributed by atoms with Crippen LogP contribution in [0.2, 0.25) is 0 Å². The minimum absolute atomic E-state index is 0.848. The highest BCUT2D eigenvalue weighted by molar-refractivity contribution is 5.69. The largest absolute Gasteiger partial charge is 0.254 e. The first-order valence-electron chi connectivity index (χ1n) is 9.33. The van der Waals surface area contributed by atoms with Crippen LogP contribution in [-0.2, 0) is 0 Å². The molecule has 0 saturated carbocycles. The van der Waals surface area contributed by atoms with Gasteiger partial charge >= 0.3 is 0 Å². The molecular weight excluding hydrogens is 344 g/mol. The number of hydrogen-bond acceptors (Lipinski definition) is 4. The van der Waals surface area contributed by atoms with Crippen LogP contribution in [-0.4, -0.2) is 19.9 Å². The lowest BCUT2D eigenvalue weighted by molar-refractivity contribution is 1.16. The Balaban J connectivity index is 1.82. The molecule has 0 amide bonds. The van der Waals surface area contributed by atoms with Crippen LogP contribution in [0.3, 0.4) is 0 Å². The quantitative estimate of drug-likeness (QED) is 0.480. The Kier molecular flexibility index (Phi) is 4.70. The summed E-state index contributed by atoms with van der Waals surface area (Å²) in [5, 5.41) is 0. The van der Waals surface area contributed by atoms with Gasteiger partial charge in [-0.25, -0.2) is 9.97 Å². The standard InChI is InChI=1S/C24H22N4/c1-15-5-9-19(25-13-15)21-11-7-17(3)23(27-21)24-18(4)8-12-22(28-24)20-10-6-16(2)14-26-20/h5-14H,1-4H3. The zero-order valence-corrected chi connectivity index (χ0v) is 16.6. The van der Waals surface area contributed by atoms with E-state index in [1.54, 1.807) is 0 Å². The summed E-state index contributed by atoms with van der Waals surface area (Å²) < 4.78 is 0. The molecule has 4 aromatic heterocycles. The predicted molar refractivity (Wildman–Crippen MR) is 113 cm³/mol. The van der Waals surface area contributed by atoms with Gasteiger partial charge in [0, 0.05) is 12.4 Å². The van der Waals surface area contributed by atoms with Crippen LogP contribution in [0.4, 0.5) is 0 Å². The lowest BCUT2D eigenvalue weighted by Crippen LogP contribution is -1.99. The predicted octanol–water partition coefficient (Wildman–Crippen LogP) is 5.50. The molecule has 28 heavy (non-hydrogen) atoms. The molecule has 4 rings (SSSR count). The maximum atomic E-state index is 4.91. The third-order valence-electron chi connectivity index (χ3n) is 4.77. The summed E-state index contributed by atoms with van der Waals surface area (Å²) in [5.74, 6) is 0. The van der Waals surface area contributed by atoms with Crippen molar-refractivity contribution in [1.29, 1.82) is 0 Å². The summed E-state index contributed by atoms with van der Waals surface area (Å²) in [6, 6.07) is 16.3. The van der Waals surface area contributed by atoms with Crippen molar-refractivity contribution in [3.63, 3.8) is 0 Å². The minimum atomic E-state index is 0.848. The molecule has 4 heteroatoms. The van der Waals surface area contributed by atoms with E-state index in [-0.39, 0.29) is 0 Å². The minimum Gasteiger partial charge on any atom is -0.254 e. The second-order valence-corrected chi connectivity index (χ2v) is 7.17. The molecular formula is C24H22N4. The van der Waals surface area contributed by atoms with Crippen LogP contribution in [0.1, 0.15) is 22.3 Å². The molecule has 0 aromatic carbocycles. The van der Waals surface area contributed by atoms with Crippen LogP contribution in [0, 0.1) is 27.7 Å². The summed E-state index contributed by atoms with van der Waals surface area (Å²) in [7, 11) is 0. The Morgan fingerprint density at radius 3 is 1.21 bits per heavy atom. The molecule has 0 aliphatic heterocycles. The fourth-order valence-electron chi connectivity index (χ4n) is 3.06. The summed E-state index contributed by atoms with van der Waals surface area (Å²) in [6.07, 6.45) is 3.73. The summed E-state index contributed by atoms with van der Waals surface area (Å²) in [4.78, 5) is 18.8. The Morgan fingerprint density at radius 2 is 0.857 bits per heavy atom. The SMILES string of the molecule is Cc1ccc(-c2ccc(C)c(-c3nc(-c4ccc(C)cn4)ccc3C)n2)nc1. The summed E-state index contributed by atoms with van der Waals surface area (Å²) in [6.45, 7) is 8.19. The van der Waals surface area contributed by atoms with Crippen molar-refractivity contribution < 1.29 is 0 Å². The number of pyridine rings is 4. The monoisotopic (exact) mass is 366 g/mol. The zero-order valence-electron chi connectivity index (χ0n) is 16.6. The van der Waals surface area contributed by atoms with Crippen LogP contribution < -0.4 is 0 Å². The number of nitrogens with zero attached hydrogens (tertiary/aromatic N) is 4. The van der Waals surface area contributed by atoms with Crippen LogP contribution in [0.15, 0.2) is 60.9 Å². The number of aromatic nitrogens is 4. The van der Waals surface area contributed by atoms with Gasteiger partial charge in [0.15, 0.2) is 0 Å². The Labute approximate surface area is 165 Å². The third kappa shape index (κ3) is 3.54. The number of aryl methyl sites for hydroxylation is 4. The first kappa shape index (κ1) is 18.0. The molecule has 0 spiro atoms. The molecule has 0 N–H and O–H groups in total. The van der Waals surface area contributed by atoms with Gasteiger partial charge in [0.25, 0.3) is 0 Å². The van der Waals surface area contributed by atoms with Gasteiger partial charge in [-0.1, -0.05) is 24.3 Å². The Morgan fingerprint density at radius 1 is 0.464 bits per heavy atom. The van der Waals surface area contributed by atoms with Crippen LogP contribution in [0.25, 0.3) is 34.2 Å². The molecule has 4 aromatic rings. The molecule has 0 saturated heterocycles. The van der Waals surface area contributed by atoms with Crippen molar-refractivity contribution in [2.75, 3.05) is 0 Å². The van der Waals surface area contributed by atoms with Crippen molar-refractivity contribution in [3.8, 4) is 34.2 Å². The van der Waals surface area contributed by atoms with Crippen molar-refractivity contribution in [2.24, 2.45) is 0 Å². The van der Waals surface area contributed by atoms with E-state index in [0.29, 0.717) is 0 Å². The molecule has 0 radical (unpaired) electrons. The zero-order chi connectivity index (χ0) is 19.7. The van der Waals surface area contributed by atoms with Gasteiger partial charge in [-0.2, -0.15) is 0 Å². The smallest absolute Gasteiger partial charge is 0.0926 e. The molecule has 4 heterocycles. The molecule has 0 fully saturated rings. The van der Waals surface area contributed by atoms with E-state index in [4.69, 9.17) is 9.97 Å². The van der Waals surface area contributed by atoms with Crippen molar-refractivity contribution in [3.05, 3.63) is 83.2 Å². The first-order chi connectivity index (χ1) is 13.5. The van der Waals surface area contributed by atoms with Gasteiger partial charge in [0.05, 0.1) is 34.2 Å². The molecule has 4 nitrogen and oxygen atoms in total. The fraction of sp³-hybridized carbons (Fsp3) is 0.167. The summed E-state index contributed by atoms with van der Waals surface area (Å²) >= 11 is 0. The topological polar surface area (TPSA) is 51.6 Å². The average Bonchev–Trinajstić information content (AvgIpc) is 2.70. The molecule has 0 unspecified atom stereocenters. The maximum Gasteiger partial charge on any atom is 0.0926 e. The van der Waals surface area contributed by atoms with Gasteiger partial charge in [-0.15, -0.1) is 0 Å². The average molecular weight is 366 g/mol. The highest BCUT2D eigenvalue weighted by Crippen LogP contribution is 2.28. The van der Waals surface area contributed by atoms with E-state index < -0.39 is 0 Å². The van der Waals surface area contributed by atoms with Crippen molar-refractivity contribution in [1.82, 2.24) is 19.9 Å². The first-order valence-corrected chi connectivity index (χ1v) is 9.33. The third-order valence-corrected chi connectivity index (χ3v) is 4.77. The highest BCUT2D eigenvalue weighted by Gasteiger charge is 2.13. The highest BCUT2D eigenvalue weighted by atomic mass is 14.8. The molecule has 0 bridgehead atoms. The van der Waals surface area contributed by atoms with Gasteiger partial charge in [-0.3, -0.25) is 9.97 Å². The van der Waals surface area contributed by atoms with Gasteiger partial charge < -0.3 is 0 Å². The normalized spacial score (nSPS) is 10.9.